The van der Waals surface area contributed by atoms with E-state index in [-0.39, 0.29) is 19.1 Å². The quantitative estimate of drug-likeness (QED) is 0.0319. The molecule has 384 valence electrons. The van der Waals surface area contributed by atoms with Crippen LogP contribution in [0.1, 0.15) is 296 Å². The zero-order valence-corrected chi connectivity index (χ0v) is 44.7. The monoisotopic (exact) mass is 930 g/mol. The summed E-state index contributed by atoms with van der Waals surface area (Å²) in [5.74, 6) is -0.136. The normalized spacial score (nSPS) is 13.9. The second-order valence-electron chi connectivity index (χ2n) is 21.0. The van der Waals surface area contributed by atoms with E-state index in [1.807, 2.05) is 21.1 Å². The molecular weight excluding hydrogens is 816 g/mol. The van der Waals surface area contributed by atoms with Gasteiger partial charge in [0.15, 0.2) is 0 Å². The topological polar surface area (TPSA) is 105 Å². The summed E-state index contributed by atoms with van der Waals surface area (Å²) in [6, 6.07) is -0.755. The fourth-order valence-corrected chi connectivity index (χ4v) is 9.61. The predicted molar refractivity (Wildman–Crippen MR) is 277 cm³/mol. The molecule has 9 heteroatoms. The average molecular weight is 930 g/mol. The van der Waals surface area contributed by atoms with Crippen molar-refractivity contribution < 1.29 is 32.9 Å². The van der Waals surface area contributed by atoms with E-state index in [2.05, 4.69) is 19.2 Å². The highest BCUT2D eigenvalue weighted by Crippen LogP contribution is 2.43. The Kier molecular flexibility index (Phi) is 47.2. The molecule has 3 unspecified atom stereocenters. The maximum Gasteiger partial charge on any atom is 0.472 e. The molecule has 0 rings (SSSR count). The van der Waals surface area contributed by atoms with Crippen LogP contribution in [0, 0.1) is 0 Å². The lowest BCUT2D eigenvalue weighted by Crippen LogP contribution is -2.46. The molecule has 0 aliphatic heterocycles. The van der Waals surface area contributed by atoms with Crippen molar-refractivity contribution in [1.82, 2.24) is 5.32 Å². The number of carbonyl (C=O) groups excluding carboxylic acids is 1. The van der Waals surface area contributed by atoms with Gasteiger partial charge < -0.3 is 19.8 Å². The Bertz CT molecular complexity index is 1010. The van der Waals surface area contributed by atoms with Crippen molar-refractivity contribution in [3.8, 4) is 0 Å². The van der Waals surface area contributed by atoms with Crippen LogP contribution >= 0.6 is 7.82 Å². The number of aliphatic hydroxyl groups excluding tert-OH is 1. The summed E-state index contributed by atoms with van der Waals surface area (Å²) in [6.45, 7) is 4.94. The molecule has 0 aromatic carbocycles. The number of nitrogens with zero attached hydrogens (tertiary/aromatic N) is 1. The van der Waals surface area contributed by atoms with E-state index in [9.17, 15) is 19.4 Å². The molecule has 8 nitrogen and oxygen atoms in total. The van der Waals surface area contributed by atoms with Gasteiger partial charge in [-0.3, -0.25) is 13.8 Å². The number of nitrogens with one attached hydrogen (secondary N) is 1. The van der Waals surface area contributed by atoms with E-state index in [4.69, 9.17) is 9.05 Å². The highest BCUT2D eigenvalue weighted by Gasteiger charge is 2.28. The second-order valence-corrected chi connectivity index (χ2v) is 22.5. The van der Waals surface area contributed by atoms with E-state index in [0.29, 0.717) is 23.9 Å². The molecule has 0 aliphatic rings. The number of hydrogen-bond acceptors (Lipinski definition) is 5. The SMILES string of the molecule is CCCCCCCCCCCCCCCCCCCCCCCCCCC(=O)NC(COP(=O)(O)OCC[N+](C)(C)C)C(O)CCCCCCCCCCCCCCCCCCCC. The van der Waals surface area contributed by atoms with Gasteiger partial charge in [0.05, 0.1) is 39.9 Å². The maximum atomic E-state index is 13.0. The Morgan fingerprint density at radius 3 is 1.05 bits per heavy atom. The lowest BCUT2D eigenvalue weighted by Gasteiger charge is -2.26. The van der Waals surface area contributed by atoms with Gasteiger partial charge in [0.25, 0.3) is 0 Å². The average Bonchev–Trinajstić information content (AvgIpc) is 3.25. The van der Waals surface area contributed by atoms with Gasteiger partial charge in [-0.1, -0.05) is 277 Å². The van der Waals surface area contributed by atoms with Crippen LogP contribution in [0.25, 0.3) is 0 Å². The van der Waals surface area contributed by atoms with Gasteiger partial charge in [-0.2, -0.15) is 0 Å². The molecule has 0 aliphatic carbocycles. The molecule has 0 radical (unpaired) electrons. The van der Waals surface area contributed by atoms with E-state index in [0.717, 1.165) is 38.5 Å². The van der Waals surface area contributed by atoms with Gasteiger partial charge in [-0.05, 0) is 12.8 Å². The first-order valence-electron chi connectivity index (χ1n) is 28.4. The molecule has 0 heterocycles. The van der Waals surface area contributed by atoms with Crippen LogP contribution in [-0.4, -0.2) is 73.4 Å². The van der Waals surface area contributed by atoms with Gasteiger partial charge in [-0.25, -0.2) is 4.57 Å². The van der Waals surface area contributed by atoms with E-state index < -0.39 is 20.0 Å². The second kappa shape index (κ2) is 47.6. The molecule has 0 saturated carbocycles. The van der Waals surface area contributed by atoms with Crippen molar-refractivity contribution >= 4 is 13.7 Å². The Morgan fingerprint density at radius 2 is 0.750 bits per heavy atom. The van der Waals surface area contributed by atoms with E-state index in [1.165, 1.54) is 231 Å². The predicted octanol–water partition coefficient (Wildman–Crippen LogP) is 16.9. The van der Waals surface area contributed by atoms with Crippen LogP contribution in [0.15, 0.2) is 0 Å². The number of rotatable bonds is 53. The van der Waals surface area contributed by atoms with Gasteiger partial charge in [0.1, 0.15) is 13.2 Å². The molecular formula is C55H114N2O6P+. The first kappa shape index (κ1) is 63.5. The highest BCUT2D eigenvalue weighted by atomic mass is 31.2. The van der Waals surface area contributed by atoms with Crippen LogP contribution in [0.5, 0.6) is 0 Å². The van der Waals surface area contributed by atoms with Crippen molar-refractivity contribution in [3.05, 3.63) is 0 Å². The molecule has 0 spiro atoms. The molecule has 0 saturated heterocycles. The van der Waals surface area contributed by atoms with Crippen molar-refractivity contribution in [2.75, 3.05) is 40.9 Å². The number of phosphoric acid groups is 1. The molecule has 1 amide bonds. The fraction of sp³-hybridized carbons (Fsp3) is 0.982. The van der Waals surface area contributed by atoms with Crippen LogP contribution in [0.4, 0.5) is 0 Å². The van der Waals surface area contributed by atoms with Crippen LogP contribution in [0.3, 0.4) is 0 Å². The zero-order chi connectivity index (χ0) is 47.1. The number of aliphatic hydroxyl groups is 1. The number of quaternary nitrogens is 1. The van der Waals surface area contributed by atoms with E-state index >= 15 is 0 Å². The molecule has 3 atom stereocenters. The van der Waals surface area contributed by atoms with Gasteiger partial charge in [0, 0.05) is 6.42 Å². The van der Waals surface area contributed by atoms with Crippen LogP contribution in [0.2, 0.25) is 0 Å². The fourth-order valence-electron chi connectivity index (χ4n) is 8.87. The molecule has 3 N–H and O–H groups in total. The smallest absolute Gasteiger partial charge is 0.391 e. The van der Waals surface area contributed by atoms with Crippen LogP contribution in [-0.2, 0) is 18.4 Å². The summed E-state index contributed by atoms with van der Waals surface area (Å²) < 4.78 is 23.8. The highest BCUT2D eigenvalue weighted by molar-refractivity contribution is 7.47. The van der Waals surface area contributed by atoms with Crippen molar-refractivity contribution in [2.24, 2.45) is 0 Å². The summed E-state index contributed by atoms with van der Waals surface area (Å²) in [4.78, 5) is 23.3. The van der Waals surface area contributed by atoms with Gasteiger partial charge in [0.2, 0.25) is 5.91 Å². The minimum atomic E-state index is -4.32. The largest absolute Gasteiger partial charge is 0.472 e. The van der Waals surface area contributed by atoms with Crippen molar-refractivity contribution in [3.63, 3.8) is 0 Å². The first-order chi connectivity index (χ1) is 31.0. The number of unbranched alkanes of at least 4 members (excludes halogenated alkanes) is 40. The van der Waals surface area contributed by atoms with Gasteiger partial charge in [-0.15, -0.1) is 0 Å². The summed E-state index contributed by atoms with van der Waals surface area (Å²) in [7, 11) is 1.64. The molecule has 0 aromatic rings. The van der Waals surface area contributed by atoms with Crippen LogP contribution < -0.4 is 5.32 Å². The minimum absolute atomic E-state index is 0.0791. The lowest BCUT2D eigenvalue weighted by atomic mass is 10.0. The first-order valence-corrected chi connectivity index (χ1v) is 29.9. The number of phosphoric ester groups is 1. The summed E-state index contributed by atoms with van der Waals surface area (Å²) in [5.41, 5.74) is 0. The third kappa shape index (κ3) is 49.4. The standard InChI is InChI=1S/C55H113N2O6P/c1-6-8-10-12-14-16-18-20-22-24-26-27-28-29-30-31-33-35-37-39-41-43-45-47-49-55(59)56-53(52-63-64(60,61)62-51-50-57(3,4)5)54(58)48-46-44-42-40-38-36-34-32-25-23-21-19-17-15-13-11-9-7-2/h53-54,58H,6-52H2,1-5H3,(H-,56,59,60,61)/p+1. The third-order valence-electron chi connectivity index (χ3n) is 13.4. The lowest BCUT2D eigenvalue weighted by molar-refractivity contribution is -0.870. The maximum absolute atomic E-state index is 13.0. The molecule has 0 fully saturated rings. The van der Waals surface area contributed by atoms with Crippen molar-refractivity contribution in [1.29, 1.82) is 0 Å². The Hall–Kier alpha value is -0.500. The Labute approximate surface area is 399 Å². The number of likely N-dealkylation sites (N-methyl/N-ethyl adjacent to an activating group) is 1. The summed E-state index contributed by atoms with van der Waals surface area (Å²) >= 11 is 0. The number of amides is 1. The van der Waals surface area contributed by atoms with Crippen molar-refractivity contribution in [2.45, 2.75) is 309 Å². The zero-order valence-electron chi connectivity index (χ0n) is 43.8. The summed E-state index contributed by atoms with van der Waals surface area (Å²) in [6.07, 6.45) is 55.8. The Balaban J connectivity index is 4.12. The number of hydrogen-bond donors (Lipinski definition) is 3. The summed E-state index contributed by atoms with van der Waals surface area (Å²) in [5, 5.41) is 14.1. The minimum Gasteiger partial charge on any atom is -0.391 e. The Morgan fingerprint density at radius 1 is 0.469 bits per heavy atom. The van der Waals surface area contributed by atoms with Gasteiger partial charge >= 0.3 is 7.82 Å². The molecule has 0 bridgehead atoms. The number of carbonyl (C=O) groups is 1. The third-order valence-corrected chi connectivity index (χ3v) is 14.3. The molecule has 64 heavy (non-hydrogen) atoms. The molecule has 0 aromatic heterocycles. The van der Waals surface area contributed by atoms with E-state index in [1.54, 1.807) is 0 Å².